The zero-order chi connectivity index (χ0) is 14.2. The average molecular weight is 323 g/mol. The lowest BCUT2D eigenvalue weighted by molar-refractivity contribution is 0.412. The molecule has 0 saturated heterocycles. The second-order valence-electron chi connectivity index (χ2n) is 4.71. The second kappa shape index (κ2) is 5.48. The Kier molecular flexibility index (Phi) is 4.30. The van der Waals surface area contributed by atoms with Crippen molar-refractivity contribution in [1.29, 1.82) is 0 Å². The average Bonchev–Trinajstić information content (AvgIpc) is 3.07. The van der Waals surface area contributed by atoms with Crippen molar-refractivity contribution in [3.8, 4) is 0 Å². The number of sulfonamides is 1. The van der Waals surface area contributed by atoms with Gasteiger partial charge in [-0.1, -0.05) is 30.1 Å². The number of rotatable bonds is 5. The van der Waals surface area contributed by atoms with Gasteiger partial charge in [0.2, 0.25) is 10.0 Å². The third-order valence-corrected chi connectivity index (χ3v) is 5.83. The molecular formula is C12H16Cl2N2O2S. The van der Waals surface area contributed by atoms with Gasteiger partial charge < -0.3 is 5.73 Å². The molecule has 106 valence electrons. The zero-order valence-corrected chi connectivity index (χ0v) is 12.9. The fraction of sp³-hybridized carbons (Fsp3) is 0.500. The first-order valence-corrected chi connectivity index (χ1v) is 8.30. The Morgan fingerprint density at radius 1 is 1.37 bits per heavy atom. The van der Waals surface area contributed by atoms with Gasteiger partial charge >= 0.3 is 0 Å². The standard InChI is InChI=1S/C12H16Cl2N2O2S/c1-2-16(7-8-3-4-8)19(17,18)12-10(14)5-9(13)6-11(12)15/h5-6,8H,2-4,7,15H2,1H3. The van der Waals surface area contributed by atoms with Gasteiger partial charge in [0.15, 0.2) is 0 Å². The van der Waals surface area contributed by atoms with Gasteiger partial charge in [-0.05, 0) is 30.9 Å². The number of nitrogens with two attached hydrogens (primary N) is 1. The summed E-state index contributed by atoms with van der Waals surface area (Å²) in [5, 5.41) is 0.394. The molecule has 2 N–H and O–H groups in total. The minimum absolute atomic E-state index is 0.0407. The molecular weight excluding hydrogens is 307 g/mol. The minimum atomic E-state index is -3.67. The predicted molar refractivity (Wildman–Crippen MR) is 78.0 cm³/mol. The van der Waals surface area contributed by atoms with Crippen LogP contribution in [0.2, 0.25) is 10.0 Å². The molecule has 4 nitrogen and oxygen atoms in total. The Morgan fingerprint density at radius 3 is 2.47 bits per heavy atom. The molecule has 0 aromatic heterocycles. The normalized spacial score (nSPS) is 16.0. The lowest BCUT2D eigenvalue weighted by Gasteiger charge is -2.22. The van der Waals surface area contributed by atoms with Crippen molar-refractivity contribution in [2.45, 2.75) is 24.7 Å². The smallest absolute Gasteiger partial charge is 0.246 e. The van der Waals surface area contributed by atoms with Crippen LogP contribution in [0.15, 0.2) is 17.0 Å². The number of anilines is 1. The van der Waals surface area contributed by atoms with Crippen molar-refractivity contribution in [1.82, 2.24) is 4.31 Å². The Bertz CT molecular complexity index is 562. The van der Waals surface area contributed by atoms with Gasteiger partial charge in [-0.15, -0.1) is 0 Å². The van der Waals surface area contributed by atoms with E-state index in [1.807, 2.05) is 0 Å². The van der Waals surface area contributed by atoms with E-state index in [2.05, 4.69) is 0 Å². The monoisotopic (exact) mass is 322 g/mol. The molecule has 1 aliphatic rings. The summed E-state index contributed by atoms with van der Waals surface area (Å²) in [7, 11) is -3.67. The highest BCUT2D eigenvalue weighted by Gasteiger charge is 2.33. The Morgan fingerprint density at radius 2 is 2.00 bits per heavy atom. The van der Waals surface area contributed by atoms with Crippen molar-refractivity contribution >= 4 is 38.9 Å². The van der Waals surface area contributed by atoms with Crippen LogP contribution in [0.5, 0.6) is 0 Å². The van der Waals surface area contributed by atoms with E-state index < -0.39 is 10.0 Å². The summed E-state index contributed by atoms with van der Waals surface area (Å²) in [6, 6.07) is 2.81. The van der Waals surface area contributed by atoms with Crippen molar-refractivity contribution in [3.63, 3.8) is 0 Å². The largest absolute Gasteiger partial charge is 0.398 e. The van der Waals surface area contributed by atoms with E-state index in [9.17, 15) is 8.42 Å². The molecule has 1 aromatic rings. The van der Waals surface area contributed by atoms with Gasteiger partial charge in [0.25, 0.3) is 0 Å². The molecule has 0 amide bonds. The number of hydrogen-bond donors (Lipinski definition) is 1. The first-order chi connectivity index (χ1) is 8.86. The van der Waals surface area contributed by atoms with Gasteiger partial charge in [0, 0.05) is 18.1 Å². The van der Waals surface area contributed by atoms with Gasteiger partial charge in [-0.2, -0.15) is 4.31 Å². The summed E-state index contributed by atoms with van der Waals surface area (Å²) in [6.07, 6.45) is 2.16. The molecule has 0 atom stereocenters. The Balaban J connectivity index is 2.42. The highest BCUT2D eigenvalue weighted by molar-refractivity contribution is 7.89. The minimum Gasteiger partial charge on any atom is -0.398 e. The topological polar surface area (TPSA) is 63.4 Å². The quantitative estimate of drug-likeness (QED) is 0.847. The van der Waals surface area contributed by atoms with Gasteiger partial charge in [0.1, 0.15) is 4.90 Å². The third-order valence-electron chi connectivity index (χ3n) is 3.15. The van der Waals surface area contributed by atoms with Crippen LogP contribution < -0.4 is 5.73 Å². The summed E-state index contributed by atoms with van der Waals surface area (Å²) >= 11 is 11.8. The summed E-state index contributed by atoms with van der Waals surface area (Å²) in [4.78, 5) is -0.0407. The highest BCUT2D eigenvalue weighted by Crippen LogP contribution is 2.36. The molecule has 1 fully saturated rings. The van der Waals surface area contributed by atoms with E-state index in [1.165, 1.54) is 16.4 Å². The van der Waals surface area contributed by atoms with Gasteiger partial charge in [0.05, 0.1) is 10.7 Å². The van der Waals surface area contributed by atoms with Gasteiger partial charge in [-0.25, -0.2) is 8.42 Å². The van der Waals surface area contributed by atoms with Crippen LogP contribution in [-0.4, -0.2) is 25.8 Å². The van der Waals surface area contributed by atoms with E-state index in [0.29, 0.717) is 24.0 Å². The summed E-state index contributed by atoms with van der Waals surface area (Å²) in [5.74, 6) is 0.460. The maximum Gasteiger partial charge on any atom is 0.246 e. The number of benzene rings is 1. The summed E-state index contributed by atoms with van der Waals surface area (Å²) in [6.45, 7) is 2.73. The van der Waals surface area contributed by atoms with E-state index in [1.54, 1.807) is 6.92 Å². The molecule has 7 heteroatoms. The van der Waals surface area contributed by atoms with Crippen LogP contribution in [0.25, 0.3) is 0 Å². The maximum absolute atomic E-state index is 12.6. The molecule has 0 radical (unpaired) electrons. The number of nitrogens with zero attached hydrogens (tertiary/aromatic N) is 1. The molecule has 1 saturated carbocycles. The van der Waals surface area contributed by atoms with E-state index in [4.69, 9.17) is 28.9 Å². The molecule has 0 heterocycles. The van der Waals surface area contributed by atoms with Crippen molar-refractivity contribution in [3.05, 3.63) is 22.2 Å². The van der Waals surface area contributed by atoms with Crippen LogP contribution in [-0.2, 0) is 10.0 Å². The lowest BCUT2D eigenvalue weighted by atomic mass is 10.3. The summed E-state index contributed by atoms with van der Waals surface area (Å²) in [5.41, 5.74) is 5.86. The molecule has 0 aliphatic heterocycles. The molecule has 0 unspecified atom stereocenters. The molecule has 0 spiro atoms. The predicted octanol–water partition coefficient (Wildman–Crippen LogP) is 3.00. The number of hydrogen-bond acceptors (Lipinski definition) is 3. The first kappa shape index (κ1) is 14.9. The van der Waals surface area contributed by atoms with Crippen LogP contribution in [0.3, 0.4) is 0 Å². The highest BCUT2D eigenvalue weighted by atomic mass is 35.5. The molecule has 0 bridgehead atoms. The molecule has 1 aromatic carbocycles. The SMILES string of the molecule is CCN(CC1CC1)S(=O)(=O)c1c(N)cc(Cl)cc1Cl. The van der Waals surface area contributed by atoms with E-state index in [-0.39, 0.29) is 15.6 Å². The zero-order valence-electron chi connectivity index (χ0n) is 10.6. The van der Waals surface area contributed by atoms with Crippen molar-refractivity contribution in [2.24, 2.45) is 5.92 Å². The fourth-order valence-corrected chi connectivity index (χ4v) is 4.44. The molecule has 19 heavy (non-hydrogen) atoms. The Hall–Kier alpha value is -0.490. The Labute approximate surface area is 123 Å². The van der Waals surface area contributed by atoms with Crippen LogP contribution in [0.1, 0.15) is 19.8 Å². The first-order valence-electron chi connectivity index (χ1n) is 6.11. The lowest BCUT2D eigenvalue weighted by Crippen LogP contribution is -2.33. The van der Waals surface area contributed by atoms with E-state index >= 15 is 0 Å². The summed E-state index contributed by atoms with van der Waals surface area (Å²) < 4.78 is 26.6. The van der Waals surface area contributed by atoms with Crippen LogP contribution in [0.4, 0.5) is 5.69 Å². The second-order valence-corrected chi connectivity index (χ2v) is 7.42. The number of halogens is 2. The maximum atomic E-state index is 12.6. The van der Waals surface area contributed by atoms with Gasteiger partial charge in [-0.3, -0.25) is 0 Å². The molecule has 2 rings (SSSR count). The van der Waals surface area contributed by atoms with E-state index in [0.717, 1.165) is 12.8 Å². The fourth-order valence-electron chi connectivity index (χ4n) is 1.97. The van der Waals surface area contributed by atoms with Crippen molar-refractivity contribution < 1.29 is 8.42 Å². The number of nitrogen functional groups attached to an aromatic ring is 1. The third kappa shape index (κ3) is 3.16. The molecule has 1 aliphatic carbocycles. The van der Waals surface area contributed by atoms with Crippen molar-refractivity contribution in [2.75, 3.05) is 18.8 Å². The van der Waals surface area contributed by atoms with Crippen LogP contribution in [0, 0.1) is 5.92 Å². The van der Waals surface area contributed by atoms with Crippen LogP contribution >= 0.6 is 23.2 Å².